The molecule has 3 rings (SSSR count). The molecule has 3 aromatic carbocycles. The molecule has 0 aliphatic rings. The van der Waals surface area contributed by atoms with E-state index >= 15 is 0 Å². The second kappa shape index (κ2) is 9.10. The van der Waals surface area contributed by atoms with E-state index in [0.717, 1.165) is 11.1 Å². The molecule has 0 atom stereocenters. The van der Waals surface area contributed by atoms with Crippen molar-refractivity contribution in [3.8, 4) is 11.8 Å². The summed E-state index contributed by atoms with van der Waals surface area (Å²) in [6.45, 7) is 0.414. The van der Waals surface area contributed by atoms with Crippen molar-refractivity contribution in [3.63, 3.8) is 0 Å². The monoisotopic (exact) mass is 457 g/mol. The number of allylic oxidation sites excluding steroid dienone is 1. The standard InChI is InChI=1S/C22H14BrCl2NO/c23-19-11-16(10-17(13-26)18-8-4-5-9-20(18)24)12-21(25)22(19)27-14-15-6-2-1-3-7-15/h1-12H,14H2. The minimum absolute atomic E-state index is 0.414. The summed E-state index contributed by atoms with van der Waals surface area (Å²) in [7, 11) is 0. The van der Waals surface area contributed by atoms with Gasteiger partial charge in [0.15, 0.2) is 5.75 Å². The van der Waals surface area contributed by atoms with Crippen molar-refractivity contribution < 1.29 is 4.74 Å². The van der Waals surface area contributed by atoms with Gasteiger partial charge in [-0.05, 0) is 51.3 Å². The lowest BCUT2D eigenvalue weighted by atomic mass is 10.0. The van der Waals surface area contributed by atoms with Crippen molar-refractivity contribution in [2.75, 3.05) is 0 Å². The van der Waals surface area contributed by atoms with Crippen LogP contribution >= 0.6 is 39.1 Å². The lowest BCUT2D eigenvalue weighted by molar-refractivity contribution is 0.304. The molecule has 2 nitrogen and oxygen atoms in total. The Labute approximate surface area is 176 Å². The van der Waals surface area contributed by atoms with Gasteiger partial charge in [0.25, 0.3) is 0 Å². The number of nitrogens with zero attached hydrogens (tertiary/aromatic N) is 1. The minimum Gasteiger partial charge on any atom is -0.486 e. The fraction of sp³-hybridized carbons (Fsp3) is 0.0455. The number of halogens is 3. The van der Waals surface area contributed by atoms with Crippen LogP contribution in [0.4, 0.5) is 0 Å². The maximum atomic E-state index is 9.52. The molecule has 0 saturated carbocycles. The van der Waals surface area contributed by atoms with Gasteiger partial charge in [-0.1, -0.05) is 71.7 Å². The SMILES string of the molecule is N#CC(=Cc1cc(Cl)c(OCc2ccccc2)c(Br)c1)c1ccccc1Cl. The van der Waals surface area contributed by atoms with Crippen LogP contribution in [0.25, 0.3) is 11.6 Å². The molecule has 0 N–H and O–H groups in total. The summed E-state index contributed by atoms with van der Waals surface area (Å²) < 4.78 is 6.57. The van der Waals surface area contributed by atoms with Gasteiger partial charge >= 0.3 is 0 Å². The van der Waals surface area contributed by atoms with Gasteiger partial charge in [-0.3, -0.25) is 0 Å². The highest BCUT2D eigenvalue weighted by atomic mass is 79.9. The predicted octanol–water partition coefficient (Wildman–Crippen LogP) is 7.40. The minimum atomic E-state index is 0.414. The first kappa shape index (κ1) is 19.5. The molecular weight excluding hydrogens is 445 g/mol. The molecule has 0 saturated heterocycles. The number of ether oxygens (including phenoxy) is 1. The number of benzene rings is 3. The van der Waals surface area contributed by atoms with Gasteiger partial charge < -0.3 is 4.74 Å². The van der Waals surface area contributed by atoms with E-state index in [1.807, 2.05) is 54.6 Å². The van der Waals surface area contributed by atoms with Crippen LogP contribution in [0.5, 0.6) is 5.75 Å². The van der Waals surface area contributed by atoms with E-state index in [1.165, 1.54) is 0 Å². The lowest BCUT2D eigenvalue weighted by Crippen LogP contribution is -1.97. The molecule has 0 aromatic heterocycles. The average molecular weight is 459 g/mol. The second-order valence-corrected chi connectivity index (χ2v) is 7.41. The third kappa shape index (κ3) is 4.93. The van der Waals surface area contributed by atoms with E-state index < -0.39 is 0 Å². The van der Waals surface area contributed by atoms with E-state index in [0.29, 0.717) is 38.0 Å². The molecule has 134 valence electrons. The van der Waals surface area contributed by atoms with Crippen molar-refractivity contribution in [2.45, 2.75) is 6.61 Å². The van der Waals surface area contributed by atoms with Crippen LogP contribution in [-0.4, -0.2) is 0 Å². The van der Waals surface area contributed by atoms with Gasteiger partial charge in [-0.15, -0.1) is 0 Å². The number of hydrogen-bond donors (Lipinski definition) is 0. The van der Waals surface area contributed by atoms with Crippen LogP contribution in [0.3, 0.4) is 0 Å². The summed E-state index contributed by atoms with van der Waals surface area (Å²) in [5.41, 5.74) is 2.96. The Kier molecular flexibility index (Phi) is 6.58. The Hall–Kier alpha value is -2.25. The van der Waals surface area contributed by atoms with Crippen LogP contribution < -0.4 is 4.74 Å². The van der Waals surface area contributed by atoms with Gasteiger partial charge in [-0.25, -0.2) is 0 Å². The molecule has 0 unspecified atom stereocenters. The summed E-state index contributed by atoms with van der Waals surface area (Å²) in [4.78, 5) is 0. The first-order valence-electron chi connectivity index (χ1n) is 8.11. The highest BCUT2D eigenvalue weighted by molar-refractivity contribution is 9.10. The van der Waals surface area contributed by atoms with Crippen LogP contribution in [0.2, 0.25) is 10.0 Å². The van der Waals surface area contributed by atoms with Crippen molar-refractivity contribution in [1.29, 1.82) is 5.26 Å². The van der Waals surface area contributed by atoms with Gasteiger partial charge in [0.2, 0.25) is 0 Å². The van der Waals surface area contributed by atoms with E-state index in [9.17, 15) is 5.26 Å². The molecule has 0 aliphatic heterocycles. The molecule has 3 aromatic rings. The first-order chi connectivity index (χ1) is 13.1. The van der Waals surface area contributed by atoms with Crippen molar-refractivity contribution in [2.24, 2.45) is 0 Å². The molecular formula is C22H14BrCl2NO. The maximum Gasteiger partial charge on any atom is 0.152 e. The highest BCUT2D eigenvalue weighted by Crippen LogP contribution is 2.36. The van der Waals surface area contributed by atoms with Crippen LogP contribution in [-0.2, 0) is 6.61 Å². The van der Waals surface area contributed by atoms with Crippen molar-refractivity contribution >= 4 is 50.8 Å². The Bertz CT molecular complexity index is 1000. The van der Waals surface area contributed by atoms with E-state index in [1.54, 1.807) is 18.2 Å². The fourth-order valence-electron chi connectivity index (χ4n) is 2.55. The van der Waals surface area contributed by atoms with Gasteiger partial charge in [-0.2, -0.15) is 5.26 Å². The molecule has 5 heteroatoms. The zero-order valence-corrected chi connectivity index (χ0v) is 17.2. The van der Waals surface area contributed by atoms with Crippen LogP contribution in [0.1, 0.15) is 16.7 Å². The summed E-state index contributed by atoms with van der Waals surface area (Å²) >= 11 is 16.1. The fourth-order valence-corrected chi connectivity index (χ4v) is 3.77. The van der Waals surface area contributed by atoms with E-state index in [-0.39, 0.29) is 0 Å². The summed E-state index contributed by atoms with van der Waals surface area (Å²) in [6, 6.07) is 22.9. The highest BCUT2D eigenvalue weighted by Gasteiger charge is 2.11. The molecule has 0 amide bonds. The molecule has 0 fully saturated rings. The quantitative estimate of drug-likeness (QED) is 0.294. The van der Waals surface area contributed by atoms with E-state index in [2.05, 4.69) is 22.0 Å². The second-order valence-electron chi connectivity index (χ2n) is 5.74. The number of hydrogen-bond acceptors (Lipinski definition) is 2. The van der Waals surface area contributed by atoms with Gasteiger partial charge in [0.1, 0.15) is 6.61 Å². The third-order valence-corrected chi connectivity index (χ3v) is 5.04. The van der Waals surface area contributed by atoms with E-state index in [4.69, 9.17) is 27.9 Å². The Balaban J connectivity index is 1.88. The molecule has 0 heterocycles. The maximum absolute atomic E-state index is 9.52. The first-order valence-corrected chi connectivity index (χ1v) is 9.66. The molecule has 0 spiro atoms. The Morgan fingerprint density at radius 1 is 1.00 bits per heavy atom. The summed E-state index contributed by atoms with van der Waals surface area (Å²) in [5.74, 6) is 0.564. The Morgan fingerprint density at radius 3 is 2.37 bits per heavy atom. The number of nitriles is 1. The van der Waals surface area contributed by atoms with Gasteiger partial charge in [0.05, 0.1) is 21.1 Å². The normalized spacial score (nSPS) is 11.1. The molecule has 27 heavy (non-hydrogen) atoms. The lowest BCUT2D eigenvalue weighted by Gasteiger charge is -2.11. The smallest absolute Gasteiger partial charge is 0.152 e. The number of rotatable bonds is 5. The summed E-state index contributed by atoms with van der Waals surface area (Å²) in [6.07, 6.45) is 1.75. The molecule has 0 bridgehead atoms. The average Bonchev–Trinajstić information content (AvgIpc) is 2.67. The Morgan fingerprint density at radius 2 is 1.70 bits per heavy atom. The largest absolute Gasteiger partial charge is 0.486 e. The predicted molar refractivity (Wildman–Crippen MR) is 115 cm³/mol. The van der Waals surface area contributed by atoms with Crippen LogP contribution in [0.15, 0.2) is 71.2 Å². The zero-order chi connectivity index (χ0) is 19.2. The third-order valence-electron chi connectivity index (χ3n) is 3.84. The molecule has 0 aliphatic carbocycles. The van der Waals surface area contributed by atoms with Crippen LogP contribution in [0, 0.1) is 11.3 Å². The van der Waals surface area contributed by atoms with Crippen molar-refractivity contribution in [1.82, 2.24) is 0 Å². The van der Waals surface area contributed by atoms with Crippen molar-refractivity contribution in [3.05, 3.63) is 97.9 Å². The topological polar surface area (TPSA) is 33.0 Å². The molecule has 0 radical (unpaired) electrons. The zero-order valence-electron chi connectivity index (χ0n) is 14.1. The van der Waals surface area contributed by atoms with Gasteiger partial charge in [0, 0.05) is 10.6 Å². The summed E-state index contributed by atoms with van der Waals surface area (Å²) in [5, 5.41) is 10.5.